The number of amides is 1. The van der Waals surface area contributed by atoms with E-state index in [9.17, 15) is 4.79 Å². The minimum absolute atomic E-state index is 0.211. The van der Waals surface area contributed by atoms with Crippen LogP contribution in [0.3, 0.4) is 0 Å². The van der Waals surface area contributed by atoms with Gasteiger partial charge in [0.15, 0.2) is 0 Å². The summed E-state index contributed by atoms with van der Waals surface area (Å²) < 4.78 is 0. The Balaban J connectivity index is 1.53. The standard InChI is InChI=1S/C20H29N7O/c1-25(2)9-8-21-20(28)18-14-23-19(15-22-18)24-16-4-6-17(7-5-16)27-12-10-26(3)11-13-27/h4-7,14-15H,8-13H2,1-3H3,(H,21,28)(H,23,24). The molecule has 3 rings (SSSR count). The molecule has 0 spiro atoms. The summed E-state index contributed by atoms with van der Waals surface area (Å²) in [6.45, 7) is 5.63. The fraction of sp³-hybridized carbons (Fsp3) is 0.450. The molecule has 2 aromatic rings. The summed E-state index contributed by atoms with van der Waals surface area (Å²) in [6.07, 6.45) is 3.07. The SMILES string of the molecule is CN(C)CCNC(=O)c1cnc(Nc2ccc(N3CCN(C)CC3)cc2)cn1. The van der Waals surface area contributed by atoms with Crippen molar-refractivity contribution in [2.24, 2.45) is 0 Å². The van der Waals surface area contributed by atoms with Crippen molar-refractivity contribution in [1.82, 2.24) is 25.1 Å². The van der Waals surface area contributed by atoms with Crippen LogP contribution in [-0.4, -0.2) is 86.1 Å². The van der Waals surface area contributed by atoms with Gasteiger partial charge < -0.3 is 25.3 Å². The minimum Gasteiger partial charge on any atom is -0.369 e. The molecule has 1 aliphatic rings. The summed E-state index contributed by atoms with van der Waals surface area (Å²) in [5, 5.41) is 6.05. The highest BCUT2D eigenvalue weighted by atomic mass is 16.1. The number of nitrogens with zero attached hydrogens (tertiary/aromatic N) is 5. The zero-order chi connectivity index (χ0) is 19.9. The second-order valence-electron chi connectivity index (χ2n) is 7.31. The lowest BCUT2D eigenvalue weighted by Gasteiger charge is -2.34. The lowest BCUT2D eigenvalue weighted by Crippen LogP contribution is -2.44. The van der Waals surface area contributed by atoms with Crippen LogP contribution in [0.2, 0.25) is 0 Å². The number of hydrogen-bond donors (Lipinski definition) is 2. The topological polar surface area (TPSA) is 76.6 Å². The predicted octanol–water partition coefficient (Wildman–Crippen LogP) is 1.26. The van der Waals surface area contributed by atoms with Crippen molar-refractivity contribution < 1.29 is 4.79 Å². The lowest BCUT2D eigenvalue weighted by atomic mass is 10.2. The first-order valence-corrected chi connectivity index (χ1v) is 9.57. The van der Waals surface area contributed by atoms with Crippen LogP contribution in [0.4, 0.5) is 17.2 Å². The first-order valence-electron chi connectivity index (χ1n) is 9.57. The van der Waals surface area contributed by atoms with E-state index in [2.05, 4.69) is 49.6 Å². The molecule has 1 aliphatic heterocycles. The minimum atomic E-state index is -0.211. The number of piperazine rings is 1. The van der Waals surface area contributed by atoms with Gasteiger partial charge in [-0.05, 0) is 45.4 Å². The third-order valence-corrected chi connectivity index (χ3v) is 4.74. The van der Waals surface area contributed by atoms with Gasteiger partial charge in [-0.2, -0.15) is 0 Å². The van der Waals surface area contributed by atoms with Crippen LogP contribution in [0.1, 0.15) is 10.5 Å². The van der Waals surface area contributed by atoms with Gasteiger partial charge >= 0.3 is 0 Å². The van der Waals surface area contributed by atoms with E-state index >= 15 is 0 Å². The maximum atomic E-state index is 12.0. The number of rotatable bonds is 7. The van der Waals surface area contributed by atoms with Crippen molar-refractivity contribution in [1.29, 1.82) is 0 Å². The molecule has 0 bridgehead atoms. The van der Waals surface area contributed by atoms with E-state index in [0.717, 1.165) is 38.4 Å². The Bertz CT molecular complexity index is 753. The highest BCUT2D eigenvalue weighted by molar-refractivity contribution is 5.92. The molecule has 1 aromatic carbocycles. The number of benzene rings is 1. The summed E-state index contributed by atoms with van der Waals surface area (Å²) in [6, 6.07) is 8.32. The molecule has 1 fully saturated rings. The van der Waals surface area contributed by atoms with E-state index < -0.39 is 0 Å². The van der Waals surface area contributed by atoms with E-state index in [1.165, 1.54) is 11.9 Å². The van der Waals surface area contributed by atoms with Gasteiger partial charge in [0.1, 0.15) is 11.5 Å². The number of carbonyl (C=O) groups excluding carboxylic acids is 1. The molecule has 0 aliphatic carbocycles. The molecule has 150 valence electrons. The second-order valence-corrected chi connectivity index (χ2v) is 7.31. The maximum absolute atomic E-state index is 12.0. The predicted molar refractivity (Wildman–Crippen MR) is 112 cm³/mol. The van der Waals surface area contributed by atoms with Crippen LogP contribution in [-0.2, 0) is 0 Å². The number of likely N-dealkylation sites (N-methyl/N-ethyl adjacent to an activating group) is 2. The van der Waals surface area contributed by atoms with E-state index in [1.54, 1.807) is 6.20 Å². The average Bonchev–Trinajstić information content (AvgIpc) is 2.69. The lowest BCUT2D eigenvalue weighted by molar-refractivity contribution is 0.0945. The van der Waals surface area contributed by atoms with Gasteiger partial charge in [0.2, 0.25) is 0 Å². The summed E-state index contributed by atoms with van der Waals surface area (Å²) in [5.41, 5.74) is 2.49. The first-order chi connectivity index (χ1) is 13.5. The molecule has 8 heteroatoms. The smallest absolute Gasteiger partial charge is 0.271 e. The van der Waals surface area contributed by atoms with Gasteiger partial charge in [-0.25, -0.2) is 9.97 Å². The van der Waals surface area contributed by atoms with Crippen molar-refractivity contribution in [3.05, 3.63) is 42.4 Å². The fourth-order valence-corrected chi connectivity index (χ4v) is 2.96. The zero-order valence-electron chi connectivity index (χ0n) is 16.9. The van der Waals surface area contributed by atoms with Crippen molar-refractivity contribution in [2.75, 3.05) is 70.6 Å². The van der Waals surface area contributed by atoms with E-state index in [-0.39, 0.29) is 5.91 Å². The highest BCUT2D eigenvalue weighted by Gasteiger charge is 2.14. The van der Waals surface area contributed by atoms with Gasteiger partial charge in [0.25, 0.3) is 5.91 Å². The Kier molecular flexibility index (Phi) is 6.78. The number of carbonyl (C=O) groups is 1. The van der Waals surface area contributed by atoms with Crippen LogP contribution in [0.25, 0.3) is 0 Å². The molecule has 1 saturated heterocycles. The Morgan fingerprint density at radius 1 is 1.07 bits per heavy atom. The molecule has 0 atom stereocenters. The van der Waals surface area contributed by atoms with E-state index in [0.29, 0.717) is 18.1 Å². The van der Waals surface area contributed by atoms with Crippen LogP contribution in [0, 0.1) is 0 Å². The summed E-state index contributed by atoms with van der Waals surface area (Å²) in [7, 11) is 6.08. The number of anilines is 3. The quantitative estimate of drug-likeness (QED) is 0.745. The van der Waals surface area contributed by atoms with Crippen LogP contribution in [0.15, 0.2) is 36.7 Å². The summed E-state index contributed by atoms with van der Waals surface area (Å²) >= 11 is 0. The Labute approximate surface area is 166 Å². The van der Waals surface area contributed by atoms with E-state index in [1.807, 2.05) is 31.1 Å². The third-order valence-electron chi connectivity index (χ3n) is 4.74. The van der Waals surface area contributed by atoms with Gasteiger partial charge in [-0.1, -0.05) is 0 Å². The molecule has 2 N–H and O–H groups in total. The number of aromatic nitrogens is 2. The molecule has 0 saturated carbocycles. The molecule has 0 unspecified atom stereocenters. The second kappa shape index (κ2) is 9.48. The van der Waals surface area contributed by atoms with Gasteiger partial charge in [-0.15, -0.1) is 0 Å². The van der Waals surface area contributed by atoms with Crippen molar-refractivity contribution in [3.8, 4) is 0 Å². The molecule has 0 radical (unpaired) electrons. The normalized spacial score (nSPS) is 14.9. The third kappa shape index (κ3) is 5.64. The molecular formula is C20H29N7O. The van der Waals surface area contributed by atoms with Crippen molar-refractivity contribution >= 4 is 23.1 Å². The number of nitrogens with one attached hydrogen (secondary N) is 2. The molecular weight excluding hydrogens is 354 g/mol. The summed E-state index contributed by atoms with van der Waals surface area (Å²) in [4.78, 5) is 27.3. The average molecular weight is 384 g/mol. The van der Waals surface area contributed by atoms with Gasteiger partial charge in [0.05, 0.1) is 12.4 Å². The summed E-state index contributed by atoms with van der Waals surface area (Å²) in [5.74, 6) is 0.398. The molecule has 28 heavy (non-hydrogen) atoms. The van der Waals surface area contributed by atoms with Gasteiger partial charge in [-0.3, -0.25) is 4.79 Å². The van der Waals surface area contributed by atoms with Crippen molar-refractivity contribution in [3.63, 3.8) is 0 Å². The maximum Gasteiger partial charge on any atom is 0.271 e. The fourth-order valence-electron chi connectivity index (χ4n) is 2.96. The van der Waals surface area contributed by atoms with Crippen LogP contribution in [0.5, 0.6) is 0 Å². The van der Waals surface area contributed by atoms with Crippen LogP contribution < -0.4 is 15.5 Å². The van der Waals surface area contributed by atoms with Crippen molar-refractivity contribution in [2.45, 2.75) is 0 Å². The van der Waals surface area contributed by atoms with Crippen LogP contribution >= 0.6 is 0 Å². The molecule has 2 heterocycles. The van der Waals surface area contributed by atoms with E-state index in [4.69, 9.17) is 0 Å². The highest BCUT2D eigenvalue weighted by Crippen LogP contribution is 2.21. The monoisotopic (exact) mass is 383 g/mol. The molecule has 8 nitrogen and oxygen atoms in total. The zero-order valence-corrected chi connectivity index (χ0v) is 16.9. The Morgan fingerprint density at radius 2 is 1.79 bits per heavy atom. The Hall–Kier alpha value is -2.71. The molecule has 1 amide bonds. The largest absolute Gasteiger partial charge is 0.369 e. The van der Waals surface area contributed by atoms with Gasteiger partial charge in [0, 0.05) is 50.6 Å². The molecule has 1 aromatic heterocycles. The Morgan fingerprint density at radius 3 is 2.39 bits per heavy atom. The first kappa shape index (κ1) is 20.0. The number of hydrogen-bond acceptors (Lipinski definition) is 7.